The molecule has 0 radical (unpaired) electrons. The van der Waals surface area contributed by atoms with Crippen molar-refractivity contribution in [3.8, 4) is 11.1 Å². The standard InChI is InChI=1S/C25H33N3OS/c1-17(2)18-7-9-19(10-8-18)20-11-13-21(14-12-20)28-24(29)6-4-3-5-23-25-22(15-30-23)26-16-27-25/h7-14,17,22-23,25-27H,3-6,15-16H2,1-2H3,(H,28,29). The molecule has 3 unspecified atom stereocenters. The summed E-state index contributed by atoms with van der Waals surface area (Å²) in [7, 11) is 0. The number of benzene rings is 2. The quantitative estimate of drug-likeness (QED) is 0.524. The van der Waals surface area contributed by atoms with Crippen LogP contribution in [0, 0.1) is 0 Å². The Labute approximate surface area is 184 Å². The summed E-state index contributed by atoms with van der Waals surface area (Å²) in [5.74, 6) is 1.87. The Morgan fingerprint density at radius 3 is 2.43 bits per heavy atom. The van der Waals surface area contributed by atoms with E-state index in [1.807, 2.05) is 12.1 Å². The monoisotopic (exact) mass is 423 g/mol. The Bertz CT molecular complexity index is 834. The van der Waals surface area contributed by atoms with E-state index >= 15 is 0 Å². The topological polar surface area (TPSA) is 53.2 Å². The minimum Gasteiger partial charge on any atom is -0.326 e. The van der Waals surface area contributed by atoms with Crippen LogP contribution in [0.25, 0.3) is 11.1 Å². The summed E-state index contributed by atoms with van der Waals surface area (Å²) >= 11 is 2.07. The van der Waals surface area contributed by atoms with Crippen molar-refractivity contribution in [3.63, 3.8) is 0 Å². The zero-order chi connectivity index (χ0) is 20.9. The summed E-state index contributed by atoms with van der Waals surface area (Å²) in [6, 6.07) is 18.1. The first kappa shape index (κ1) is 21.4. The fourth-order valence-corrected chi connectivity index (χ4v) is 5.99. The second-order valence-corrected chi connectivity index (χ2v) is 10.0. The van der Waals surface area contributed by atoms with E-state index in [2.05, 4.69) is 78.0 Å². The first-order valence-corrected chi connectivity index (χ1v) is 12.2. The number of anilines is 1. The summed E-state index contributed by atoms with van der Waals surface area (Å²) in [4.78, 5) is 12.3. The lowest BCUT2D eigenvalue weighted by molar-refractivity contribution is -0.116. The molecule has 2 heterocycles. The molecule has 4 nitrogen and oxygen atoms in total. The van der Waals surface area contributed by atoms with Crippen LogP contribution < -0.4 is 16.0 Å². The van der Waals surface area contributed by atoms with Gasteiger partial charge in [-0.3, -0.25) is 15.4 Å². The van der Waals surface area contributed by atoms with Crippen molar-refractivity contribution in [2.24, 2.45) is 0 Å². The van der Waals surface area contributed by atoms with Gasteiger partial charge in [-0.2, -0.15) is 11.8 Å². The molecule has 2 aliphatic rings. The molecule has 0 saturated carbocycles. The highest BCUT2D eigenvalue weighted by Crippen LogP contribution is 2.32. The summed E-state index contributed by atoms with van der Waals surface area (Å²) in [6.07, 6.45) is 3.85. The van der Waals surface area contributed by atoms with Crippen LogP contribution in [0.3, 0.4) is 0 Å². The summed E-state index contributed by atoms with van der Waals surface area (Å²) in [5.41, 5.74) is 4.60. The van der Waals surface area contributed by atoms with E-state index in [-0.39, 0.29) is 5.91 Å². The van der Waals surface area contributed by atoms with E-state index in [9.17, 15) is 4.79 Å². The van der Waals surface area contributed by atoms with Crippen LogP contribution in [0.15, 0.2) is 48.5 Å². The smallest absolute Gasteiger partial charge is 0.224 e. The van der Waals surface area contributed by atoms with Gasteiger partial charge in [0.2, 0.25) is 5.91 Å². The Kier molecular flexibility index (Phi) is 7.13. The number of amides is 1. The first-order chi connectivity index (χ1) is 14.6. The Hall–Kier alpha value is -1.82. The van der Waals surface area contributed by atoms with Gasteiger partial charge in [-0.25, -0.2) is 0 Å². The number of hydrogen-bond acceptors (Lipinski definition) is 4. The average Bonchev–Trinajstić information content (AvgIpc) is 3.36. The molecular formula is C25H33N3OS. The number of hydrogen-bond donors (Lipinski definition) is 3. The molecule has 3 atom stereocenters. The zero-order valence-electron chi connectivity index (χ0n) is 18.0. The van der Waals surface area contributed by atoms with Gasteiger partial charge < -0.3 is 5.32 Å². The van der Waals surface area contributed by atoms with Crippen molar-refractivity contribution in [1.82, 2.24) is 10.6 Å². The predicted octanol–water partition coefficient (Wildman–Crippen LogP) is 4.98. The zero-order valence-corrected chi connectivity index (χ0v) is 18.8. The number of carbonyl (C=O) groups excluding carboxylic acids is 1. The van der Waals surface area contributed by atoms with E-state index in [4.69, 9.17) is 0 Å². The van der Waals surface area contributed by atoms with Crippen molar-refractivity contribution >= 4 is 23.4 Å². The normalized spacial score (nSPS) is 23.0. The van der Waals surface area contributed by atoms with Gasteiger partial charge in [0.15, 0.2) is 0 Å². The molecule has 2 aliphatic heterocycles. The lowest BCUT2D eigenvalue weighted by Crippen LogP contribution is -2.36. The van der Waals surface area contributed by atoms with E-state index in [0.717, 1.165) is 25.2 Å². The highest BCUT2D eigenvalue weighted by atomic mass is 32.2. The van der Waals surface area contributed by atoms with Crippen molar-refractivity contribution in [1.29, 1.82) is 0 Å². The highest BCUT2D eigenvalue weighted by Gasteiger charge is 2.38. The predicted molar refractivity (Wildman–Crippen MR) is 128 cm³/mol. The van der Waals surface area contributed by atoms with Gasteiger partial charge in [-0.15, -0.1) is 0 Å². The fraction of sp³-hybridized carbons (Fsp3) is 0.480. The molecule has 2 saturated heterocycles. The summed E-state index contributed by atoms with van der Waals surface area (Å²) in [6.45, 7) is 5.36. The molecule has 1 amide bonds. The van der Waals surface area contributed by atoms with Gasteiger partial charge in [0.05, 0.1) is 0 Å². The molecule has 0 aromatic heterocycles. The second-order valence-electron chi connectivity index (χ2n) is 8.74. The number of nitrogens with one attached hydrogen (secondary N) is 3. The van der Waals surface area contributed by atoms with Crippen LogP contribution in [0.1, 0.15) is 51.0 Å². The molecule has 4 rings (SSSR count). The van der Waals surface area contributed by atoms with E-state index in [0.29, 0.717) is 29.7 Å². The maximum atomic E-state index is 12.3. The number of rotatable bonds is 8. The minimum atomic E-state index is 0.113. The third-order valence-corrected chi connectivity index (χ3v) is 7.76. The van der Waals surface area contributed by atoms with Crippen LogP contribution in [0.4, 0.5) is 5.69 Å². The van der Waals surface area contributed by atoms with Gasteiger partial charge in [-0.1, -0.05) is 56.7 Å². The van der Waals surface area contributed by atoms with Crippen LogP contribution in [-0.4, -0.2) is 35.7 Å². The van der Waals surface area contributed by atoms with Crippen molar-refractivity contribution in [2.75, 3.05) is 17.7 Å². The maximum absolute atomic E-state index is 12.3. The van der Waals surface area contributed by atoms with Gasteiger partial charge in [0.1, 0.15) is 0 Å². The molecule has 0 aliphatic carbocycles. The molecular weight excluding hydrogens is 390 g/mol. The first-order valence-electron chi connectivity index (χ1n) is 11.2. The number of fused-ring (bicyclic) bond motifs is 1. The fourth-order valence-electron chi connectivity index (χ4n) is 4.39. The lowest BCUT2D eigenvalue weighted by Gasteiger charge is -2.17. The van der Waals surface area contributed by atoms with E-state index in [1.165, 1.54) is 28.9 Å². The molecule has 2 aromatic carbocycles. The van der Waals surface area contributed by atoms with Gasteiger partial charge >= 0.3 is 0 Å². The lowest BCUT2D eigenvalue weighted by atomic mass is 9.99. The molecule has 2 aromatic rings. The van der Waals surface area contributed by atoms with E-state index < -0.39 is 0 Å². The number of thioether (sulfide) groups is 1. The van der Waals surface area contributed by atoms with Crippen LogP contribution in [0.5, 0.6) is 0 Å². The maximum Gasteiger partial charge on any atom is 0.224 e. The molecule has 0 spiro atoms. The van der Waals surface area contributed by atoms with Gasteiger partial charge in [0, 0.05) is 41.9 Å². The SMILES string of the molecule is CC(C)c1ccc(-c2ccc(NC(=O)CCCCC3SCC4NCNC43)cc2)cc1. The average molecular weight is 424 g/mol. The second kappa shape index (κ2) is 9.99. The summed E-state index contributed by atoms with van der Waals surface area (Å²) in [5, 5.41) is 10.8. The van der Waals surface area contributed by atoms with Crippen LogP contribution in [0.2, 0.25) is 0 Å². The molecule has 160 valence electrons. The Morgan fingerprint density at radius 2 is 1.73 bits per heavy atom. The highest BCUT2D eigenvalue weighted by molar-refractivity contribution is 8.00. The third-order valence-electron chi connectivity index (χ3n) is 6.25. The van der Waals surface area contributed by atoms with Gasteiger partial charge in [-0.05, 0) is 47.6 Å². The molecule has 3 N–H and O–H groups in total. The third kappa shape index (κ3) is 5.26. The van der Waals surface area contributed by atoms with Crippen LogP contribution >= 0.6 is 11.8 Å². The largest absolute Gasteiger partial charge is 0.326 e. The molecule has 0 bridgehead atoms. The van der Waals surface area contributed by atoms with Crippen LogP contribution in [-0.2, 0) is 4.79 Å². The van der Waals surface area contributed by atoms with Crippen molar-refractivity contribution < 1.29 is 4.79 Å². The van der Waals surface area contributed by atoms with Gasteiger partial charge in [0.25, 0.3) is 0 Å². The number of unbranched alkanes of at least 4 members (excludes halogenated alkanes) is 1. The summed E-state index contributed by atoms with van der Waals surface area (Å²) < 4.78 is 0. The molecule has 30 heavy (non-hydrogen) atoms. The van der Waals surface area contributed by atoms with E-state index in [1.54, 1.807) is 0 Å². The Morgan fingerprint density at radius 1 is 1.03 bits per heavy atom. The molecule has 5 heteroatoms. The minimum absolute atomic E-state index is 0.113. The molecule has 2 fully saturated rings. The Balaban J connectivity index is 1.20. The number of carbonyl (C=O) groups is 1. The van der Waals surface area contributed by atoms with Crippen molar-refractivity contribution in [2.45, 2.75) is 62.8 Å². The van der Waals surface area contributed by atoms with Crippen molar-refractivity contribution in [3.05, 3.63) is 54.1 Å².